The molecule has 0 unspecified atom stereocenters. The fourth-order valence-electron chi connectivity index (χ4n) is 3.07. The molecule has 0 spiro atoms. The van der Waals surface area contributed by atoms with E-state index in [0.717, 1.165) is 27.2 Å². The molecule has 8 heteroatoms. The Morgan fingerprint density at radius 1 is 1.21 bits per heavy atom. The fraction of sp³-hybridized carbons (Fsp3) is 0.250. The van der Waals surface area contributed by atoms with Crippen molar-refractivity contribution < 1.29 is 4.79 Å². The van der Waals surface area contributed by atoms with Gasteiger partial charge in [-0.2, -0.15) is 0 Å². The van der Waals surface area contributed by atoms with E-state index in [9.17, 15) is 4.79 Å². The molecule has 4 rings (SSSR count). The van der Waals surface area contributed by atoms with E-state index in [0.29, 0.717) is 23.0 Å². The number of pyridine rings is 1. The van der Waals surface area contributed by atoms with E-state index in [1.165, 1.54) is 11.3 Å². The molecule has 0 saturated carbocycles. The van der Waals surface area contributed by atoms with Gasteiger partial charge in [0.15, 0.2) is 10.8 Å². The lowest BCUT2D eigenvalue weighted by atomic mass is 10.0. The predicted octanol–water partition coefficient (Wildman–Crippen LogP) is 4.07. The highest BCUT2D eigenvalue weighted by atomic mass is 32.1. The molecule has 142 valence electrons. The Labute approximate surface area is 166 Å². The zero-order chi connectivity index (χ0) is 19.8. The minimum absolute atomic E-state index is 0.261. The molecule has 1 amide bonds. The molecule has 0 aliphatic carbocycles. The molecular weight excluding hydrogens is 372 g/mol. The number of nitrogens with one attached hydrogen (secondary N) is 1. The van der Waals surface area contributed by atoms with E-state index in [-0.39, 0.29) is 5.91 Å². The summed E-state index contributed by atoms with van der Waals surface area (Å²) >= 11 is 1.49. The van der Waals surface area contributed by atoms with Gasteiger partial charge in [0.1, 0.15) is 0 Å². The zero-order valence-electron chi connectivity index (χ0n) is 16.1. The van der Waals surface area contributed by atoms with Gasteiger partial charge in [0.2, 0.25) is 0 Å². The minimum Gasteiger partial charge on any atom is -0.267 e. The van der Waals surface area contributed by atoms with Crippen molar-refractivity contribution in [2.45, 2.75) is 33.6 Å². The number of hydrogen-bond acceptors (Lipinski definition) is 6. The molecule has 28 heavy (non-hydrogen) atoms. The Hall–Kier alpha value is -3.13. The summed E-state index contributed by atoms with van der Waals surface area (Å²) < 4.78 is 1.74. The van der Waals surface area contributed by atoms with E-state index in [1.807, 2.05) is 30.8 Å². The van der Waals surface area contributed by atoms with Crippen LogP contribution in [-0.2, 0) is 0 Å². The number of nitrogens with zero attached hydrogens (tertiary/aromatic N) is 5. The van der Waals surface area contributed by atoms with E-state index in [4.69, 9.17) is 0 Å². The second-order valence-corrected chi connectivity index (χ2v) is 7.79. The highest BCUT2D eigenvalue weighted by Gasteiger charge is 2.17. The van der Waals surface area contributed by atoms with Gasteiger partial charge >= 0.3 is 0 Å². The third kappa shape index (κ3) is 3.27. The van der Waals surface area contributed by atoms with E-state index >= 15 is 0 Å². The number of aromatic nitrogens is 5. The van der Waals surface area contributed by atoms with Crippen LogP contribution in [0.25, 0.3) is 21.7 Å². The molecule has 4 aromatic rings. The average molecular weight is 392 g/mol. The maximum atomic E-state index is 12.9. The monoisotopic (exact) mass is 392 g/mol. The van der Waals surface area contributed by atoms with Gasteiger partial charge in [-0.15, -0.1) is 11.3 Å². The maximum absolute atomic E-state index is 12.9. The first-order valence-electron chi connectivity index (χ1n) is 8.96. The molecule has 4 aromatic heterocycles. The van der Waals surface area contributed by atoms with Crippen LogP contribution in [0, 0.1) is 13.8 Å². The number of rotatable bonds is 4. The van der Waals surface area contributed by atoms with Crippen molar-refractivity contribution in [3.8, 4) is 10.8 Å². The Morgan fingerprint density at radius 3 is 2.71 bits per heavy atom. The molecule has 0 radical (unpaired) electrons. The predicted molar refractivity (Wildman–Crippen MR) is 110 cm³/mol. The van der Waals surface area contributed by atoms with Gasteiger partial charge in [0, 0.05) is 41.2 Å². The van der Waals surface area contributed by atoms with Crippen LogP contribution in [0.3, 0.4) is 0 Å². The highest BCUT2D eigenvalue weighted by Crippen LogP contribution is 2.26. The number of thiazole rings is 1. The van der Waals surface area contributed by atoms with Crippen molar-refractivity contribution in [1.82, 2.24) is 24.6 Å². The summed E-state index contributed by atoms with van der Waals surface area (Å²) in [5.41, 5.74) is 6.94. The van der Waals surface area contributed by atoms with E-state index < -0.39 is 0 Å². The second-order valence-electron chi connectivity index (χ2n) is 6.93. The summed E-state index contributed by atoms with van der Waals surface area (Å²) in [7, 11) is 0. The Balaban J connectivity index is 1.65. The van der Waals surface area contributed by atoms with Crippen molar-refractivity contribution in [3.63, 3.8) is 0 Å². The van der Waals surface area contributed by atoms with Gasteiger partial charge in [0.25, 0.3) is 5.91 Å². The fourth-order valence-corrected chi connectivity index (χ4v) is 3.81. The third-order valence-corrected chi connectivity index (χ3v) is 5.47. The summed E-state index contributed by atoms with van der Waals surface area (Å²) in [6.45, 7) is 7.96. The summed E-state index contributed by atoms with van der Waals surface area (Å²) in [4.78, 5) is 30.3. The van der Waals surface area contributed by atoms with Crippen LogP contribution in [0.1, 0.15) is 47.1 Å². The Morgan fingerprint density at radius 2 is 2.04 bits per heavy atom. The standard InChI is InChI=1S/C20H20N6OS/c1-11(2)16-9-26(17-5-6-21-7-15(16)17)25-19(27)14-8-22-18(24-13(14)4)20-23-12(3)10-28-20/h5-11H,1-4H3,(H,25,27). The van der Waals surface area contributed by atoms with Gasteiger partial charge in [-0.3, -0.25) is 19.9 Å². The van der Waals surface area contributed by atoms with E-state index in [1.54, 1.807) is 24.0 Å². The number of fused-ring (bicyclic) bond motifs is 1. The van der Waals surface area contributed by atoms with Gasteiger partial charge in [-0.05, 0) is 31.4 Å². The number of carbonyl (C=O) groups is 1. The molecule has 0 fully saturated rings. The normalized spacial score (nSPS) is 11.3. The largest absolute Gasteiger partial charge is 0.273 e. The quantitative estimate of drug-likeness (QED) is 0.566. The molecule has 0 aliphatic rings. The van der Waals surface area contributed by atoms with Crippen LogP contribution >= 0.6 is 11.3 Å². The van der Waals surface area contributed by atoms with Crippen molar-refractivity contribution >= 4 is 28.1 Å². The summed E-state index contributed by atoms with van der Waals surface area (Å²) in [5, 5.41) is 3.73. The van der Waals surface area contributed by atoms with Crippen LogP contribution in [-0.4, -0.2) is 30.5 Å². The van der Waals surface area contributed by atoms with Crippen LogP contribution < -0.4 is 5.43 Å². The minimum atomic E-state index is -0.261. The molecule has 7 nitrogen and oxygen atoms in total. The number of hydrogen-bond donors (Lipinski definition) is 1. The number of aryl methyl sites for hydroxylation is 2. The molecule has 1 N–H and O–H groups in total. The first kappa shape index (κ1) is 18.2. The van der Waals surface area contributed by atoms with Crippen molar-refractivity contribution in [2.75, 3.05) is 5.43 Å². The molecule has 0 aromatic carbocycles. The summed E-state index contributed by atoms with van der Waals surface area (Å²) in [6, 6.07) is 1.89. The van der Waals surface area contributed by atoms with Gasteiger partial charge in [0.05, 0.1) is 16.8 Å². The first-order chi connectivity index (χ1) is 13.4. The smallest absolute Gasteiger partial charge is 0.267 e. The van der Waals surface area contributed by atoms with Gasteiger partial charge in [-0.1, -0.05) is 13.8 Å². The van der Waals surface area contributed by atoms with Crippen LogP contribution in [0.4, 0.5) is 0 Å². The highest BCUT2D eigenvalue weighted by molar-refractivity contribution is 7.13. The lowest BCUT2D eigenvalue weighted by Crippen LogP contribution is -2.23. The van der Waals surface area contributed by atoms with Gasteiger partial charge in [-0.25, -0.2) is 15.0 Å². The van der Waals surface area contributed by atoms with Crippen molar-refractivity contribution in [3.05, 3.63) is 58.7 Å². The van der Waals surface area contributed by atoms with Crippen LogP contribution in [0.5, 0.6) is 0 Å². The molecule has 0 bridgehead atoms. The molecule has 0 aliphatic heterocycles. The zero-order valence-corrected chi connectivity index (χ0v) is 16.9. The molecule has 0 saturated heterocycles. The maximum Gasteiger partial charge on any atom is 0.273 e. The Kier molecular flexibility index (Phi) is 4.64. The first-order valence-corrected chi connectivity index (χ1v) is 9.84. The summed E-state index contributed by atoms with van der Waals surface area (Å²) in [5.74, 6) is 0.589. The lowest BCUT2D eigenvalue weighted by molar-refractivity contribution is 0.101. The Bertz CT molecular complexity index is 1180. The van der Waals surface area contributed by atoms with Crippen molar-refractivity contribution in [1.29, 1.82) is 0 Å². The van der Waals surface area contributed by atoms with Crippen molar-refractivity contribution in [2.24, 2.45) is 0 Å². The SMILES string of the molecule is Cc1csc(-c2ncc(C(=O)Nn3cc(C(C)C)c4cnccc43)c(C)n2)n1. The number of carbonyl (C=O) groups excluding carboxylic acids is 1. The third-order valence-electron chi connectivity index (χ3n) is 4.52. The van der Waals surface area contributed by atoms with Crippen LogP contribution in [0.2, 0.25) is 0 Å². The van der Waals surface area contributed by atoms with Crippen LogP contribution in [0.15, 0.2) is 36.2 Å². The van der Waals surface area contributed by atoms with Gasteiger partial charge < -0.3 is 0 Å². The summed E-state index contributed by atoms with van der Waals surface area (Å²) in [6.07, 6.45) is 7.04. The topological polar surface area (TPSA) is 85.6 Å². The second kappa shape index (κ2) is 7.12. The molecular formula is C20H20N6OS. The number of amides is 1. The average Bonchev–Trinajstić information content (AvgIpc) is 3.26. The molecule has 0 atom stereocenters. The molecule has 4 heterocycles. The van der Waals surface area contributed by atoms with E-state index in [2.05, 4.69) is 39.2 Å². The lowest BCUT2D eigenvalue weighted by Gasteiger charge is -2.09.